The summed E-state index contributed by atoms with van der Waals surface area (Å²) in [6.07, 6.45) is 0.420. The molecule has 3 aromatic rings. The van der Waals surface area contributed by atoms with Gasteiger partial charge in [0.1, 0.15) is 6.04 Å². The van der Waals surface area contributed by atoms with E-state index in [9.17, 15) is 18.0 Å². The van der Waals surface area contributed by atoms with Crippen LogP contribution in [0.2, 0.25) is 0 Å². The first-order chi connectivity index (χ1) is 14.3. The molecular formula is C21H25N3O5S. The Kier molecular flexibility index (Phi) is 6.73. The molecule has 30 heavy (non-hydrogen) atoms. The molecule has 0 aliphatic rings. The van der Waals surface area contributed by atoms with Gasteiger partial charge >= 0.3 is 11.7 Å². The molecular weight excluding hydrogens is 406 g/mol. The highest BCUT2D eigenvalue weighted by molar-refractivity contribution is 7.89. The molecule has 8 nitrogen and oxygen atoms in total. The Morgan fingerprint density at radius 1 is 1.10 bits per heavy atom. The monoisotopic (exact) mass is 431 g/mol. The summed E-state index contributed by atoms with van der Waals surface area (Å²) in [6.45, 7) is 3.93. The Labute approximate surface area is 174 Å². The van der Waals surface area contributed by atoms with Gasteiger partial charge in [-0.15, -0.1) is 0 Å². The number of rotatable bonds is 9. The summed E-state index contributed by atoms with van der Waals surface area (Å²) >= 11 is 0. The highest BCUT2D eigenvalue weighted by atomic mass is 32.2. The van der Waals surface area contributed by atoms with Gasteiger partial charge in [0.05, 0.1) is 22.5 Å². The molecule has 0 amide bonds. The number of H-pyrrole nitrogens is 1. The van der Waals surface area contributed by atoms with Crippen LogP contribution in [-0.4, -0.2) is 36.6 Å². The van der Waals surface area contributed by atoms with E-state index in [1.807, 2.05) is 24.3 Å². The maximum absolute atomic E-state index is 12.5. The van der Waals surface area contributed by atoms with Gasteiger partial charge < -0.3 is 9.72 Å². The van der Waals surface area contributed by atoms with E-state index in [1.165, 1.54) is 12.1 Å². The maximum atomic E-state index is 12.5. The fraction of sp³-hybridized carbons (Fsp3) is 0.333. The lowest BCUT2D eigenvalue weighted by Crippen LogP contribution is -2.45. The van der Waals surface area contributed by atoms with Gasteiger partial charge in [0, 0.05) is 6.54 Å². The first kappa shape index (κ1) is 21.8. The van der Waals surface area contributed by atoms with Crippen molar-refractivity contribution in [3.05, 3.63) is 65.1 Å². The number of benzene rings is 2. The molecule has 0 saturated carbocycles. The third-order valence-corrected chi connectivity index (χ3v) is 6.17. The number of hydrogen-bond acceptors (Lipinski definition) is 5. The average molecular weight is 432 g/mol. The summed E-state index contributed by atoms with van der Waals surface area (Å²) in [7, 11) is -3.85. The predicted octanol–water partition coefficient (Wildman–Crippen LogP) is 2.27. The van der Waals surface area contributed by atoms with Crippen molar-refractivity contribution in [3.8, 4) is 0 Å². The van der Waals surface area contributed by atoms with Gasteiger partial charge in [0.2, 0.25) is 10.0 Å². The molecule has 0 bridgehead atoms. The fourth-order valence-corrected chi connectivity index (χ4v) is 4.46. The van der Waals surface area contributed by atoms with Gasteiger partial charge in [-0.3, -0.25) is 9.36 Å². The van der Waals surface area contributed by atoms with Crippen LogP contribution in [0.25, 0.3) is 11.0 Å². The quantitative estimate of drug-likeness (QED) is 0.399. The topological polar surface area (TPSA) is 110 Å². The number of aromatic amines is 1. The zero-order valence-corrected chi connectivity index (χ0v) is 17.7. The van der Waals surface area contributed by atoms with E-state index in [-0.39, 0.29) is 23.1 Å². The largest absolute Gasteiger partial charge is 0.464 e. The molecule has 2 aromatic carbocycles. The highest BCUT2D eigenvalue weighted by Gasteiger charge is 2.29. The first-order valence-corrected chi connectivity index (χ1v) is 11.2. The lowest BCUT2D eigenvalue weighted by Gasteiger charge is -2.21. The van der Waals surface area contributed by atoms with E-state index < -0.39 is 22.0 Å². The highest BCUT2D eigenvalue weighted by Crippen LogP contribution is 2.13. The van der Waals surface area contributed by atoms with E-state index >= 15 is 0 Å². The lowest BCUT2D eigenvalue weighted by atomic mass is 10.1. The first-order valence-electron chi connectivity index (χ1n) is 9.71. The second kappa shape index (κ2) is 9.27. The Balaban J connectivity index is 1.59. The second-order valence-corrected chi connectivity index (χ2v) is 8.99. The number of sulfonamides is 1. The number of carbonyl (C=O) groups excluding carboxylic acids is 1. The maximum Gasteiger partial charge on any atom is 0.326 e. The smallest absolute Gasteiger partial charge is 0.326 e. The molecule has 0 unspecified atom stereocenters. The minimum atomic E-state index is -3.85. The molecule has 160 valence electrons. The van der Waals surface area contributed by atoms with Gasteiger partial charge in [-0.25, -0.2) is 13.2 Å². The number of para-hydroxylation sites is 2. The van der Waals surface area contributed by atoms with Crippen LogP contribution in [0, 0.1) is 5.92 Å². The van der Waals surface area contributed by atoms with Crippen molar-refractivity contribution in [2.24, 2.45) is 5.92 Å². The minimum Gasteiger partial charge on any atom is -0.464 e. The Morgan fingerprint density at radius 3 is 2.47 bits per heavy atom. The summed E-state index contributed by atoms with van der Waals surface area (Å²) in [5.74, 6) is -0.942. The number of imidazole rings is 1. The van der Waals surface area contributed by atoms with Crippen molar-refractivity contribution in [1.82, 2.24) is 14.3 Å². The number of aromatic nitrogens is 2. The molecule has 3 rings (SSSR count). The van der Waals surface area contributed by atoms with Crippen molar-refractivity contribution in [3.63, 3.8) is 0 Å². The fourth-order valence-electron chi connectivity index (χ4n) is 3.11. The Bertz CT molecular complexity index is 1170. The van der Waals surface area contributed by atoms with Crippen LogP contribution in [0.15, 0.2) is 64.3 Å². The molecule has 0 saturated heterocycles. The van der Waals surface area contributed by atoms with Gasteiger partial charge in [0.25, 0.3) is 0 Å². The standard InChI is InChI=1S/C21H25N3O5S/c1-15(2)19(23-30(27,28)16-9-4-3-5-10-16)20(25)29-14-8-13-24-18-12-7-6-11-17(18)22-21(24)26/h3-7,9-12,15,19,23H,8,13-14H2,1-2H3,(H,22,26)/t19-/m0/s1. The van der Waals surface area contributed by atoms with E-state index in [4.69, 9.17) is 4.74 Å². The molecule has 0 spiro atoms. The van der Waals surface area contributed by atoms with Crippen LogP contribution in [0.1, 0.15) is 20.3 Å². The van der Waals surface area contributed by atoms with Gasteiger partial charge in [-0.05, 0) is 36.6 Å². The number of carbonyl (C=O) groups is 1. The number of nitrogens with zero attached hydrogens (tertiary/aromatic N) is 1. The number of esters is 1. The second-order valence-electron chi connectivity index (χ2n) is 7.28. The van der Waals surface area contributed by atoms with Crippen LogP contribution in [0.5, 0.6) is 0 Å². The SMILES string of the molecule is CC(C)[C@H](NS(=O)(=O)c1ccccc1)C(=O)OCCCn1c(=O)[nH]c2ccccc21. The van der Waals surface area contributed by atoms with Gasteiger partial charge in [0.15, 0.2) is 0 Å². The third kappa shape index (κ3) is 4.98. The number of aryl methyl sites for hydroxylation is 1. The van der Waals surface area contributed by atoms with Crippen LogP contribution in [0.3, 0.4) is 0 Å². The van der Waals surface area contributed by atoms with Crippen molar-refractivity contribution in [2.75, 3.05) is 6.61 Å². The molecule has 1 atom stereocenters. The zero-order chi connectivity index (χ0) is 21.7. The number of hydrogen-bond donors (Lipinski definition) is 2. The van der Waals surface area contributed by atoms with Crippen molar-refractivity contribution < 1.29 is 17.9 Å². The van der Waals surface area contributed by atoms with Crippen LogP contribution < -0.4 is 10.4 Å². The molecule has 0 fully saturated rings. The summed E-state index contributed by atoms with van der Waals surface area (Å²) in [5.41, 5.74) is 1.30. The summed E-state index contributed by atoms with van der Waals surface area (Å²) in [5, 5.41) is 0. The molecule has 0 aliphatic heterocycles. The summed E-state index contributed by atoms with van der Waals surface area (Å²) < 4.78 is 34.4. The van der Waals surface area contributed by atoms with Crippen LogP contribution in [0.4, 0.5) is 0 Å². The Morgan fingerprint density at radius 2 is 1.77 bits per heavy atom. The van der Waals surface area contributed by atoms with E-state index in [0.29, 0.717) is 13.0 Å². The predicted molar refractivity (Wildman–Crippen MR) is 114 cm³/mol. The normalized spacial score (nSPS) is 12.9. The van der Waals surface area contributed by atoms with E-state index in [2.05, 4.69) is 9.71 Å². The number of nitrogens with one attached hydrogen (secondary N) is 2. The molecule has 1 heterocycles. The van der Waals surface area contributed by atoms with E-state index in [1.54, 1.807) is 36.6 Å². The molecule has 0 radical (unpaired) electrons. The lowest BCUT2D eigenvalue weighted by molar-refractivity contribution is -0.147. The van der Waals surface area contributed by atoms with E-state index in [0.717, 1.165) is 11.0 Å². The summed E-state index contributed by atoms with van der Waals surface area (Å²) in [4.78, 5) is 27.4. The van der Waals surface area contributed by atoms with Crippen LogP contribution in [-0.2, 0) is 26.1 Å². The number of ether oxygens (including phenoxy) is 1. The van der Waals surface area contributed by atoms with Crippen molar-refractivity contribution in [1.29, 1.82) is 0 Å². The van der Waals surface area contributed by atoms with Crippen molar-refractivity contribution in [2.45, 2.75) is 37.8 Å². The minimum absolute atomic E-state index is 0.0705. The molecule has 2 N–H and O–H groups in total. The zero-order valence-electron chi connectivity index (χ0n) is 16.9. The third-order valence-electron chi connectivity index (χ3n) is 4.71. The molecule has 1 aromatic heterocycles. The Hall–Kier alpha value is -2.91. The van der Waals surface area contributed by atoms with Crippen molar-refractivity contribution >= 4 is 27.0 Å². The van der Waals surface area contributed by atoms with Crippen LogP contribution >= 0.6 is 0 Å². The average Bonchev–Trinajstić information content (AvgIpc) is 3.05. The molecule has 9 heteroatoms. The number of fused-ring (bicyclic) bond motifs is 1. The summed E-state index contributed by atoms with van der Waals surface area (Å²) in [6, 6.07) is 14.2. The van der Waals surface area contributed by atoms with Gasteiger partial charge in [-0.2, -0.15) is 4.72 Å². The molecule has 0 aliphatic carbocycles. The van der Waals surface area contributed by atoms with Gasteiger partial charge in [-0.1, -0.05) is 44.2 Å².